The number of carbonyl (C=O) groups is 1. The topological polar surface area (TPSA) is 72.7 Å². The number of hydrogen-bond donors (Lipinski definition) is 0. The second-order valence-electron chi connectivity index (χ2n) is 8.52. The molecule has 1 atom stereocenters. The van der Waals surface area contributed by atoms with E-state index in [1.165, 1.54) is 5.56 Å². The number of ether oxygens (including phenoxy) is 2. The molecule has 0 aliphatic carbocycles. The number of pyridine rings is 1. The molecule has 2 aromatic heterocycles. The maximum Gasteiger partial charge on any atom is 0.254 e. The average Bonchev–Trinajstić information content (AvgIpc) is 3.14. The summed E-state index contributed by atoms with van der Waals surface area (Å²) in [6.07, 6.45) is 1.90. The summed E-state index contributed by atoms with van der Waals surface area (Å²) < 4.78 is 13.4. The smallest absolute Gasteiger partial charge is 0.254 e. The van der Waals surface area contributed by atoms with Crippen molar-refractivity contribution in [3.05, 3.63) is 59.0 Å². The first-order valence-electron chi connectivity index (χ1n) is 11.2. The van der Waals surface area contributed by atoms with Gasteiger partial charge in [0.25, 0.3) is 5.91 Å². The fourth-order valence-corrected chi connectivity index (χ4v) is 4.54. The molecule has 1 amide bonds. The Labute approximate surface area is 187 Å². The van der Waals surface area contributed by atoms with Gasteiger partial charge in [-0.2, -0.15) is 5.10 Å². The predicted octanol–water partition coefficient (Wildman–Crippen LogP) is 2.32. The number of aryl methyl sites for hydroxylation is 2. The summed E-state index contributed by atoms with van der Waals surface area (Å²) in [5.74, 6) is 0.0341. The molecule has 2 aliphatic heterocycles. The molecule has 32 heavy (non-hydrogen) atoms. The van der Waals surface area contributed by atoms with E-state index in [1.807, 2.05) is 53.9 Å². The van der Waals surface area contributed by atoms with Gasteiger partial charge in [0.2, 0.25) is 0 Å². The van der Waals surface area contributed by atoms with E-state index >= 15 is 0 Å². The first-order chi connectivity index (χ1) is 15.6. The van der Waals surface area contributed by atoms with E-state index in [9.17, 15) is 4.79 Å². The minimum Gasteiger partial charge on any atom is -0.378 e. The molecule has 4 heterocycles. The summed E-state index contributed by atoms with van der Waals surface area (Å²) in [6.45, 7) is 7.47. The molecule has 2 aliphatic rings. The van der Waals surface area contributed by atoms with Gasteiger partial charge in [-0.05, 0) is 19.1 Å². The molecule has 0 N–H and O–H groups in total. The molecule has 168 valence electrons. The lowest BCUT2D eigenvalue weighted by Crippen LogP contribution is -2.41. The highest BCUT2D eigenvalue weighted by atomic mass is 16.5. The maximum absolute atomic E-state index is 13.4. The van der Waals surface area contributed by atoms with Crippen LogP contribution in [0.5, 0.6) is 0 Å². The summed E-state index contributed by atoms with van der Waals surface area (Å²) >= 11 is 0. The molecule has 0 unspecified atom stereocenters. The van der Waals surface area contributed by atoms with Gasteiger partial charge in [-0.15, -0.1) is 0 Å². The number of benzene rings is 1. The van der Waals surface area contributed by atoms with Gasteiger partial charge in [0.05, 0.1) is 42.3 Å². The lowest BCUT2D eigenvalue weighted by molar-refractivity contribution is -0.0349. The normalized spacial score (nSPS) is 20.1. The summed E-state index contributed by atoms with van der Waals surface area (Å²) in [6, 6.07) is 9.79. The fourth-order valence-electron chi connectivity index (χ4n) is 4.54. The van der Waals surface area contributed by atoms with Crippen LogP contribution in [0, 0.1) is 6.92 Å². The highest BCUT2D eigenvalue weighted by molar-refractivity contribution is 6.06. The molecule has 2 fully saturated rings. The van der Waals surface area contributed by atoms with Gasteiger partial charge < -0.3 is 14.4 Å². The molecule has 5 rings (SSSR count). The monoisotopic (exact) mass is 435 g/mol. The van der Waals surface area contributed by atoms with E-state index in [1.54, 1.807) is 0 Å². The Hall–Kier alpha value is -2.81. The van der Waals surface area contributed by atoms with Crippen molar-refractivity contribution in [2.24, 2.45) is 7.05 Å². The number of nitrogens with zero attached hydrogens (tertiary/aromatic N) is 5. The Morgan fingerprint density at radius 3 is 2.75 bits per heavy atom. The van der Waals surface area contributed by atoms with Crippen LogP contribution in [0.2, 0.25) is 0 Å². The van der Waals surface area contributed by atoms with Gasteiger partial charge in [-0.1, -0.05) is 18.2 Å². The number of morpholine rings is 2. The van der Waals surface area contributed by atoms with Gasteiger partial charge in [0.15, 0.2) is 0 Å². The number of aromatic nitrogens is 3. The molecular weight excluding hydrogens is 406 g/mol. The van der Waals surface area contributed by atoms with Crippen molar-refractivity contribution in [3.63, 3.8) is 0 Å². The van der Waals surface area contributed by atoms with Crippen LogP contribution in [0.4, 0.5) is 0 Å². The molecule has 1 aromatic carbocycles. The zero-order valence-corrected chi connectivity index (χ0v) is 18.7. The second-order valence-corrected chi connectivity index (χ2v) is 8.52. The highest BCUT2D eigenvalue weighted by Crippen LogP contribution is 2.28. The zero-order valence-electron chi connectivity index (χ0n) is 18.7. The van der Waals surface area contributed by atoms with Gasteiger partial charge in [0.1, 0.15) is 6.10 Å². The molecule has 0 radical (unpaired) electrons. The van der Waals surface area contributed by atoms with Crippen LogP contribution in [0.1, 0.15) is 33.4 Å². The quantitative estimate of drug-likeness (QED) is 0.626. The van der Waals surface area contributed by atoms with Gasteiger partial charge in [-0.3, -0.25) is 14.4 Å². The van der Waals surface area contributed by atoms with Crippen molar-refractivity contribution in [3.8, 4) is 0 Å². The van der Waals surface area contributed by atoms with E-state index in [0.717, 1.165) is 41.9 Å². The van der Waals surface area contributed by atoms with Gasteiger partial charge >= 0.3 is 0 Å². The molecular formula is C24H29N5O3. The molecule has 2 saturated heterocycles. The number of para-hydroxylation sites is 1. The Bertz CT molecular complexity index is 1120. The predicted molar refractivity (Wildman–Crippen MR) is 120 cm³/mol. The van der Waals surface area contributed by atoms with E-state index in [0.29, 0.717) is 38.5 Å². The summed E-state index contributed by atoms with van der Waals surface area (Å²) in [5.41, 5.74) is 4.61. The number of carbonyl (C=O) groups excluding carboxylic acids is 1. The van der Waals surface area contributed by atoms with Gasteiger partial charge in [-0.25, -0.2) is 4.98 Å². The minimum absolute atomic E-state index is 0.0341. The lowest BCUT2D eigenvalue weighted by Gasteiger charge is -2.33. The SMILES string of the molecule is Cc1nn(C)cc1CN1CCO[C@@H](c2cc(C(=O)N3CCOCC3)c3ccccc3n2)C1. The zero-order chi connectivity index (χ0) is 22.1. The highest BCUT2D eigenvalue weighted by Gasteiger charge is 2.27. The molecule has 0 bridgehead atoms. The number of hydrogen-bond acceptors (Lipinski definition) is 6. The van der Waals surface area contributed by atoms with E-state index in [2.05, 4.69) is 16.2 Å². The summed E-state index contributed by atoms with van der Waals surface area (Å²) in [4.78, 5) is 22.5. The number of fused-ring (bicyclic) bond motifs is 1. The van der Waals surface area contributed by atoms with Crippen molar-refractivity contribution in [1.29, 1.82) is 0 Å². The van der Waals surface area contributed by atoms with E-state index in [4.69, 9.17) is 14.5 Å². The van der Waals surface area contributed by atoms with Crippen molar-refractivity contribution in [2.45, 2.75) is 19.6 Å². The van der Waals surface area contributed by atoms with Crippen LogP contribution in [0.3, 0.4) is 0 Å². The fraction of sp³-hybridized carbons (Fsp3) is 0.458. The Morgan fingerprint density at radius 2 is 1.97 bits per heavy atom. The first kappa shape index (κ1) is 21.1. The van der Waals surface area contributed by atoms with E-state index < -0.39 is 0 Å². The van der Waals surface area contributed by atoms with Crippen LogP contribution in [0.25, 0.3) is 10.9 Å². The number of amides is 1. The van der Waals surface area contributed by atoms with Crippen molar-refractivity contribution >= 4 is 16.8 Å². The minimum atomic E-state index is -0.179. The first-order valence-corrected chi connectivity index (χ1v) is 11.2. The largest absolute Gasteiger partial charge is 0.378 e. The van der Waals surface area contributed by atoms with Crippen LogP contribution in [0.15, 0.2) is 36.5 Å². The molecule has 3 aromatic rings. The third-order valence-corrected chi connectivity index (χ3v) is 6.25. The Balaban J connectivity index is 1.43. The van der Waals surface area contributed by atoms with Crippen LogP contribution < -0.4 is 0 Å². The summed E-state index contributed by atoms with van der Waals surface area (Å²) in [5, 5.41) is 5.34. The molecule has 0 saturated carbocycles. The molecule has 0 spiro atoms. The summed E-state index contributed by atoms with van der Waals surface area (Å²) in [7, 11) is 1.95. The van der Waals surface area contributed by atoms with Crippen LogP contribution in [-0.4, -0.2) is 76.5 Å². The molecule has 8 heteroatoms. The molecule has 8 nitrogen and oxygen atoms in total. The van der Waals surface area contributed by atoms with Crippen molar-refractivity contribution in [2.75, 3.05) is 46.0 Å². The lowest BCUT2D eigenvalue weighted by atomic mass is 10.0. The van der Waals surface area contributed by atoms with Crippen molar-refractivity contribution < 1.29 is 14.3 Å². The van der Waals surface area contributed by atoms with Crippen LogP contribution in [-0.2, 0) is 23.1 Å². The van der Waals surface area contributed by atoms with Crippen LogP contribution >= 0.6 is 0 Å². The third-order valence-electron chi connectivity index (χ3n) is 6.25. The van der Waals surface area contributed by atoms with Crippen molar-refractivity contribution in [1.82, 2.24) is 24.6 Å². The third kappa shape index (κ3) is 4.26. The maximum atomic E-state index is 13.4. The number of rotatable bonds is 4. The Kier molecular flexibility index (Phi) is 5.91. The Morgan fingerprint density at radius 1 is 1.16 bits per heavy atom. The second kappa shape index (κ2) is 8.97. The van der Waals surface area contributed by atoms with E-state index in [-0.39, 0.29) is 12.0 Å². The van der Waals surface area contributed by atoms with Gasteiger partial charge in [0, 0.05) is 56.9 Å². The standard InChI is InChI=1S/C24H29N5O3/c1-17-18(14-27(2)26-17)15-28-7-12-32-23(16-28)22-13-20(19-5-3-4-6-21(19)25-22)24(30)29-8-10-31-11-9-29/h3-6,13-14,23H,7-12,15-16H2,1-2H3/t23-/m1/s1. The average molecular weight is 436 g/mol.